The van der Waals surface area contributed by atoms with Crippen LogP contribution in [-0.4, -0.2) is 16.8 Å². The van der Waals surface area contributed by atoms with Gasteiger partial charge in [0.2, 0.25) is 5.90 Å². The highest BCUT2D eigenvalue weighted by molar-refractivity contribution is 6.11. The first kappa shape index (κ1) is 16.3. The van der Waals surface area contributed by atoms with Gasteiger partial charge < -0.3 is 4.74 Å². The summed E-state index contributed by atoms with van der Waals surface area (Å²) in [5, 5.41) is 10.6. The first-order valence-electron chi connectivity index (χ1n) is 7.22. The minimum absolute atomic E-state index is 0.00316. The second-order valence-electron chi connectivity index (χ2n) is 5.07. The molecule has 0 amide bonds. The predicted octanol–water partition coefficient (Wildman–Crippen LogP) is 3.63. The van der Waals surface area contributed by atoms with E-state index in [-0.39, 0.29) is 17.3 Å². The summed E-state index contributed by atoms with van der Waals surface area (Å²) >= 11 is 0. The number of carbonyl (C=O) groups is 1. The van der Waals surface area contributed by atoms with E-state index in [2.05, 4.69) is 4.99 Å². The van der Waals surface area contributed by atoms with Gasteiger partial charge in [-0.25, -0.2) is 14.2 Å². The molecule has 0 saturated heterocycles. The van der Waals surface area contributed by atoms with E-state index in [1.165, 1.54) is 42.5 Å². The number of aliphatic imine (C=N–C) groups is 1. The zero-order valence-corrected chi connectivity index (χ0v) is 12.8. The van der Waals surface area contributed by atoms with Crippen molar-refractivity contribution in [2.75, 3.05) is 0 Å². The smallest absolute Gasteiger partial charge is 0.363 e. The molecule has 1 heterocycles. The number of ether oxygens (including phenoxy) is 1. The van der Waals surface area contributed by atoms with Crippen molar-refractivity contribution in [3.63, 3.8) is 0 Å². The second kappa shape index (κ2) is 6.88. The van der Waals surface area contributed by atoms with E-state index in [1.807, 2.05) is 0 Å². The Morgan fingerprint density at radius 3 is 2.40 bits per heavy atom. The Kier molecular flexibility index (Phi) is 4.47. The lowest BCUT2D eigenvalue weighted by atomic mass is 10.2. The molecule has 0 unspecified atom stereocenters. The van der Waals surface area contributed by atoms with E-state index in [1.54, 1.807) is 24.3 Å². The molecule has 2 aromatic carbocycles. The Hall–Kier alpha value is -3.61. The normalized spacial score (nSPS) is 15.5. The lowest BCUT2D eigenvalue weighted by molar-refractivity contribution is -0.384. The number of cyclic esters (lactones) is 1. The molecular weight excluding hydrogens is 327 g/mol. The van der Waals surface area contributed by atoms with Gasteiger partial charge in [0.1, 0.15) is 5.82 Å². The molecule has 1 aliphatic heterocycles. The number of hydrogen-bond donors (Lipinski definition) is 0. The van der Waals surface area contributed by atoms with Crippen LogP contribution in [0.25, 0.3) is 6.08 Å². The number of non-ortho nitro benzene ring substituents is 1. The van der Waals surface area contributed by atoms with Crippen molar-refractivity contribution in [2.45, 2.75) is 0 Å². The number of nitro benzene ring substituents is 1. The monoisotopic (exact) mass is 338 g/mol. The molecule has 7 heteroatoms. The summed E-state index contributed by atoms with van der Waals surface area (Å²) in [6, 6.07) is 11.4. The molecule has 0 atom stereocenters. The summed E-state index contributed by atoms with van der Waals surface area (Å²) in [5.41, 5.74) is 1.34. The van der Waals surface area contributed by atoms with Gasteiger partial charge >= 0.3 is 5.97 Å². The van der Waals surface area contributed by atoms with Gasteiger partial charge in [0.15, 0.2) is 5.70 Å². The predicted molar refractivity (Wildman–Crippen MR) is 89.2 cm³/mol. The van der Waals surface area contributed by atoms with Crippen LogP contribution in [0.15, 0.2) is 71.4 Å². The van der Waals surface area contributed by atoms with E-state index < -0.39 is 16.7 Å². The molecule has 6 nitrogen and oxygen atoms in total. The van der Waals surface area contributed by atoms with Crippen LogP contribution in [0.3, 0.4) is 0 Å². The lowest BCUT2D eigenvalue weighted by Crippen LogP contribution is -2.05. The van der Waals surface area contributed by atoms with Crippen molar-refractivity contribution < 1.29 is 18.8 Å². The Bertz CT molecular complexity index is 913. The van der Waals surface area contributed by atoms with Crippen molar-refractivity contribution in [3.8, 4) is 0 Å². The molecule has 0 bridgehead atoms. The maximum Gasteiger partial charge on any atom is 0.363 e. The zero-order valence-electron chi connectivity index (χ0n) is 12.8. The van der Waals surface area contributed by atoms with Crippen LogP contribution in [0.4, 0.5) is 10.1 Å². The summed E-state index contributed by atoms with van der Waals surface area (Å²) in [6.45, 7) is 0. The first-order chi connectivity index (χ1) is 12.0. The molecule has 0 saturated carbocycles. The highest BCUT2D eigenvalue weighted by Gasteiger charge is 2.23. The van der Waals surface area contributed by atoms with Crippen molar-refractivity contribution in [3.05, 3.63) is 93.4 Å². The zero-order chi connectivity index (χ0) is 17.8. The third-order valence-corrected chi connectivity index (χ3v) is 3.36. The lowest BCUT2D eigenvalue weighted by Gasteiger charge is -1.98. The van der Waals surface area contributed by atoms with Gasteiger partial charge in [0, 0.05) is 17.7 Å². The molecule has 0 aromatic heterocycles. The van der Waals surface area contributed by atoms with Crippen LogP contribution in [0.5, 0.6) is 0 Å². The number of esters is 1. The van der Waals surface area contributed by atoms with Crippen LogP contribution < -0.4 is 0 Å². The Morgan fingerprint density at radius 2 is 1.76 bits per heavy atom. The standard InChI is InChI=1S/C18H11FN2O4/c19-14-8-6-13(7-9-14)17-20-16(18(22)25-17)3-1-2-12-4-10-15(11-5-12)21(23)24/h1-11H/b2-1+,16-3-. The maximum atomic E-state index is 12.9. The van der Waals surface area contributed by atoms with Crippen molar-refractivity contribution in [1.82, 2.24) is 0 Å². The SMILES string of the molecule is O=C1OC(c2ccc(F)cc2)=N/C1=C\C=C\c1ccc([N+](=O)[O-])cc1. The number of benzene rings is 2. The largest absolute Gasteiger partial charge is 0.402 e. The van der Waals surface area contributed by atoms with Crippen LogP contribution in [0, 0.1) is 15.9 Å². The summed E-state index contributed by atoms with van der Waals surface area (Å²) < 4.78 is 18.0. The van der Waals surface area contributed by atoms with Crippen LogP contribution >= 0.6 is 0 Å². The molecule has 0 fully saturated rings. The van der Waals surface area contributed by atoms with Crippen molar-refractivity contribution >= 4 is 23.6 Å². The van der Waals surface area contributed by atoms with Gasteiger partial charge in [-0.2, -0.15) is 0 Å². The highest BCUT2D eigenvalue weighted by atomic mass is 19.1. The molecule has 3 rings (SSSR count). The third-order valence-electron chi connectivity index (χ3n) is 3.36. The minimum atomic E-state index is -0.604. The summed E-state index contributed by atoms with van der Waals surface area (Å²) in [6.07, 6.45) is 4.74. The van der Waals surface area contributed by atoms with Gasteiger partial charge in [0.25, 0.3) is 5.69 Å². The van der Waals surface area contributed by atoms with Crippen molar-refractivity contribution in [1.29, 1.82) is 0 Å². The summed E-state index contributed by atoms with van der Waals surface area (Å²) in [7, 11) is 0. The quantitative estimate of drug-likeness (QED) is 0.369. The fourth-order valence-corrected chi connectivity index (χ4v) is 2.10. The summed E-state index contributed by atoms with van der Waals surface area (Å²) in [4.78, 5) is 26.0. The molecule has 25 heavy (non-hydrogen) atoms. The van der Waals surface area contributed by atoms with Gasteiger partial charge in [-0.05, 0) is 48.0 Å². The molecular formula is C18H11FN2O4. The van der Waals surface area contributed by atoms with E-state index in [0.29, 0.717) is 5.56 Å². The molecule has 0 aliphatic carbocycles. The molecule has 0 spiro atoms. The Labute approximate surface area is 141 Å². The number of hydrogen-bond acceptors (Lipinski definition) is 5. The van der Waals surface area contributed by atoms with Gasteiger partial charge in [0.05, 0.1) is 4.92 Å². The average Bonchev–Trinajstić information content (AvgIpc) is 2.97. The van der Waals surface area contributed by atoms with Crippen LogP contribution in [0.2, 0.25) is 0 Å². The molecule has 2 aromatic rings. The average molecular weight is 338 g/mol. The third kappa shape index (κ3) is 3.84. The van der Waals surface area contributed by atoms with E-state index >= 15 is 0 Å². The van der Waals surface area contributed by atoms with E-state index in [9.17, 15) is 19.3 Å². The maximum absolute atomic E-state index is 12.9. The van der Waals surface area contributed by atoms with E-state index in [4.69, 9.17) is 4.74 Å². The number of rotatable bonds is 4. The Balaban J connectivity index is 1.75. The topological polar surface area (TPSA) is 81.8 Å². The van der Waals surface area contributed by atoms with Crippen molar-refractivity contribution in [2.24, 2.45) is 4.99 Å². The second-order valence-corrected chi connectivity index (χ2v) is 5.07. The fraction of sp³-hybridized carbons (Fsp3) is 0. The molecule has 124 valence electrons. The van der Waals surface area contributed by atoms with E-state index in [0.717, 1.165) is 5.56 Å². The number of halogens is 1. The number of carbonyl (C=O) groups excluding carboxylic acids is 1. The number of allylic oxidation sites excluding steroid dienone is 2. The van der Waals surface area contributed by atoms with Crippen LogP contribution in [-0.2, 0) is 9.53 Å². The first-order valence-corrected chi connectivity index (χ1v) is 7.22. The van der Waals surface area contributed by atoms with Crippen LogP contribution in [0.1, 0.15) is 11.1 Å². The van der Waals surface area contributed by atoms with Gasteiger partial charge in [-0.1, -0.05) is 12.2 Å². The molecule has 0 N–H and O–H groups in total. The van der Waals surface area contributed by atoms with Gasteiger partial charge in [-0.3, -0.25) is 10.1 Å². The molecule has 0 radical (unpaired) electrons. The Morgan fingerprint density at radius 1 is 1.08 bits per heavy atom. The fourth-order valence-electron chi connectivity index (χ4n) is 2.10. The summed E-state index contributed by atoms with van der Waals surface area (Å²) in [5.74, 6) is -0.886. The van der Waals surface area contributed by atoms with Gasteiger partial charge in [-0.15, -0.1) is 0 Å². The minimum Gasteiger partial charge on any atom is -0.402 e. The number of nitro groups is 1. The number of nitrogens with zero attached hydrogens (tertiary/aromatic N) is 2. The molecule has 1 aliphatic rings. The highest BCUT2D eigenvalue weighted by Crippen LogP contribution is 2.17.